The van der Waals surface area contributed by atoms with E-state index in [4.69, 9.17) is 37.7 Å². The normalized spacial score (nSPS) is 12.8. The van der Waals surface area contributed by atoms with E-state index in [9.17, 15) is 0 Å². The van der Waals surface area contributed by atoms with Gasteiger partial charge in [-0.2, -0.15) is 0 Å². The summed E-state index contributed by atoms with van der Waals surface area (Å²) in [7, 11) is 0. The maximum atomic E-state index is 6.43. The minimum atomic E-state index is 0.216. The van der Waals surface area contributed by atoms with Crippen LogP contribution < -0.4 is 9.47 Å². The van der Waals surface area contributed by atoms with Crippen molar-refractivity contribution in [3.05, 3.63) is 87.9 Å². The Morgan fingerprint density at radius 1 is 0.759 bits per heavy atom. The summed E-state index contributed by atoms with van der Waals surface area (Å²) in [6, 6.07) is 21.3. The second-order valence-electron chi connectivity index (χ2n) is 6.65. The van der Waals surface area contributed by atoms with E-state index < -0.39 is 0 Å². The van der Waals surface area contributed by atoms with Gasteiger partial charge in [-0.1, -0.05) is 71.8 Å². The molecule has 0 fully saturated rings. The first-order valence-electron chi connectivity index (χ1n) is 9.11. The molecule has 5 rings (SSSR count). The molecular weight excluding hydrogens is 405 g/mol. The van der Waals surface area contributed by atoms with E-state index in [0.29, 0.717) is 15.8 Å². The zero-order chi connectivity index (χ0) is 19.8. The zero-order valence-electron chi connectivity index (χ0n) is 15.2. The largest absolute Gasteiger partial charge is 0.454 e. The number of pyridine rings is 1. The fraction of sp³-hybridized carbons (Fsp3) is 0.0417. The van der Waals surface area contributed by atoms with E-state index in [-0.39, 0.29) is 6.79 Å². The second kappa shape index (κ2) is 7.43. The minimum absolute atomic E-state index is 0.216. The van der Waals surface area contributed by atoms with Gasteiger partial charge >= 0.3 is 0 Å². The van der Waals surface area contributed by atoms with Gasteiger partial charge in [0.25, 0.3) is 0 Å². The van der Waals surface area contributed by atoms with Gasteiger partial charge in [0.1, 0.15) is 0 Å². The Labute approximate surface area is 178 Å². The Morgan fingerprint density at radius 2 is 1.45 bits per heavy atom. The zero-order valence-corrected chi connectivity index (χ0v) is 16.7. The van der Waals surface area contributed by atoms with Gasteiger partial charge in [-0.05, 0) is 35.4 Å². The third kappa shape index (κ3) is 3.44. The molecule has 0 aliphatic carbocycles. The molecule has 1 aliphatic rings. The lowest BCUT2D eigenvalue weighted by Gasteiger charge is -2.10. The van der Waals surface area contributed by atoms with Crippen LogP contribution in [-0.4, -0.2) is 11.8 Å². The summed E-state index contributed by atoms with van der Waals surface area (Å²) < 4.78 is 11.1. The van der Waals surface area contributed by atoms with Crippen LogP contribution in [0.4, 0.5) is 0 Å². The number of benzene rings is 3. The summed E-state index contributed by atoms with van der Waals surface area (Å²) in [6.07, 6.45) is 4.03. The minimum Gasteiger partial charge on any atom is -0.454 e. The molecule has 2 heterocycles. The van der Waals surface area contributed by atoms with Crippen LogP contribution in [0, 0.1) is 0 Å². The van der Waals surface area contributed by atoms with Crippen molar-refractivity contribution < 1.29 is 9.47 Å². The number of aromatic nitrogens is 1. The predicted octanol–water partition coefficient (Wildman–Crippen LogP) is 7.11. The molecular formula is C24H15Cl2NO2. The van der Waals surface area contributed by atoms with Crippen LogP contribution in [0.5, 0.6) is 11.5 Å². The lowest BCUT2D eigenvalue weighted by atomic mass is 10.0. The van der Waals surface area contributed by atoms with Crippen LogP contribution in [0.2, 0.25) is 10.0 Å². The van der Waals surface area contributed by atoms with Crippen molar-refractivity contribution >= 4 is 46.3 Å². The maximum Gasteiger partial charge on any atom is 0.231 e. The fourth-order valence-electron chi connectivity index (χ4n) is 3.38. The van der Waals surface area contributed by atoms with Crippen molar-refractivity contribution in [2.24, 2.45) is 0 Å². The SMILES string of the molecule is Clc1ccccc1/C=C/c1cc(-c2ccccc2Cl)nc2cc3c(cc12)OCO3. The summed E-state index contributed by atoms with van der Waals surface area (Å²) in [6.45, 7) is 0.216. The number of rotatable bonds is 3. The van der Waals surface area contributed by atoms with Gasteiger partial charge in [0.05, 0.1) is 11.2 Å². The van der Waals surface area contributed by atoms with Crippen molar-refractivity contribution in [2.75, 3.05) is 6.79 Å². The highest BCUT2D eigenvalue weighted by Gasteiger charge is 2.17. The smallest absolute Gasteiger partial charge is 0.231 e. The second-order valence-corrected chi connectivity index (χ2v) is 7.47. The molecule has 4 aromatic rings. The molecule has 0 unspecified atom stereocenters. The van der Waals surface area contributed by atoms with Gasteiger partial charge in [-0.15, -0.1) is 0 Å². The van der Waals surface area contributed by atoms with Crippen LogP contribution in [0.25, 0.3) is 34.3 Å². The van der Waals surface area contributed by atoms with Crippen LogP contribution in [0.3, 0.4) is 0 Å². The highest BCUT2D eigenvalue weighted by atomic mass is 35.5. The van der Waals surface area contributed by atoms with Crippen molar-refractivity contribution in [3.8, 4) is 22.8 Å². The number of ether oxygens (including phenoxy) is 2. The molecule has 3 aromatic carbocycles. The van der Waals surface area contributed by atoms with E-state index in [1.165, 1.54) is 0 Å². The van der Waals surface area contributed by atoms with Crippen molar-refractivity contribution in [1.29, 1.82) is 0 Å². The standard InChI is InChI=1S/C24H15Cl2NO2/c25-19-7-3-1-5-15(19)9-10-16-11-21(17-6-2-4-8-20(17)26)27-22-13-24-23(12-18(16)22)28-14-29-24/h1-13H,14H2/b10-9+. The molecule has 0 saturated carbocycles. The molecule has 1 aromatic heterocycles. The molecule has 142 valence electrons. The lowest BCUT2D eigenvalue weighted by Crippen LogP contribution is -1.92. The van der Waals surface area contributed by atoms with Crippen LogP contribution in [-0.2, 0) is 0 Å². The number of fused-ring (bicyclic) bond motifs is 2. The van der Waals surface area contributed by atoms with Gasteiger partial charge in [-0.3, -0.25) is 0 Å². The predicted molar refractivity (Wildman–Crippen MR) is 119 cm³/mol. The highest BCUT2D eigenvalue weighted by Crippen LogP contribution is 2.39. The molecule has 0 radical (unpaired) electrons. The van der Waals surface area contributed by atoms with Gasteiger partial charge in [0.15, 0.2) is 11.5 Å². The van der Waals surface area contributed by atoms with Crippen molar-refractivity contribution in [3.63, 3.8) is 0 Å². The summed E-state index contributed by atoms with van der Waals surface area (Å²) in [5, 5.41) is 2.32. The monoisotopic (exact) mass is 419 g/mol. The average Bonchev–Trinajstić information content (AvgIpc) is 3.19. The van der Waals surface area contributed by atoms with E-state index in [2.05, 4.69) is 0 Å². The van der Waals surface area contributed by atoms with Crippen LogP contribution >= 0.6 is 23.2 Å². The Kier molecular flexibility index (Phi) is 4.62. The molecule has 0 N–H and O–H groups in total. The first kappa shape index (κ1) is 18.0. The Bertz CT molecular complexity index is 1270. The summed E-state index contributed by atoms with van der Waals surface area (Å²) in [5.41, 5.74) is 4.41. The van der Waals surface area contributed by atoms with Gasteiger partial charge in [0, 0.05) is 27.1 Å². The Morgan fingerprint density at radius 3 is 2.24 bits per heavy atom. The molecule has 0 spiro atoms. The molecule has 0 saturated heterocycles. The summed E-state index contributed by atoms with van der Waals surface area (Å²) in [4.78, 5) is 4.84. The third-order valence-electron chi connectivity index (χ3n) is 4.83. The summed E-state index contributed by atoms with van der Waals surface area (Å²) >= 11 is 12.7. The third-order valence-corrected chi connectivity index (χ3v) is 5.51. The molecule has 29 heavy (non-hydrogen) atoms. The first-order valence-corrected chi connectivity index (χ1v) is 9.86. The number of nitrogens with zero attached hydrogens (tertiary/aromatic N) is 1. The van der Waals surface area contributed by atoms with Gasteiger partial charge in [-0.25, -0.2) is 4.98 Å². The highest BCUT2D eigenvalue weighted by molar-refractivity contribution is 6.33. The molecule has 1 aliphatic heterocycles. The van der Waals surface area contributed by atoms with E-state index >= 15 is 0 Å². The molecule has 3 nitrogen and oxygen atoms in total. The van der Waals surface area contributed by atoms with Gasteiger partial charge < -0.3 is 9.47 Å². The summed E-state index contributed by atoms with van der Waals surface area (Å²) in [5.74, 6) is 1.42. The number of hydrogen-bond donors (Lipinski definition) is 0. The van der Waals surface area contributed by atoms with Crippen molar-refractivity contribution in [1.82, 2.24) is 4.98 Å². The van der Waals surface area contributed by atoms with E-state index in [0.717, 1.165) is 39.0 Å². The van der Waals surface area contributed by atoms with Crippen LogP contribution in [0.1, 0.15) is 11.1 Å². The number of halogens is 2. The Balaban J connectivity index is 1.72. The van der Waals surface area contributed by atoms with Crippen LogP contribution in [0.15, 0.2) is 66.7 Å². The average molecular weight is 420 g/mol. The molecule has 0 atom stereocenters. The molecule has 5 heteroatoms. The maximum absolute atomic E-state index is 6.43. The van der Waals surface area contributed by atoms with Gasteiger partial charge in [0.2, 0.25) is 6.79 Å². The quantitative estimate of drug-likeness (QED) is 0.354. The van der Waals surface area contributed by atoms with E-state index in [1.807, 2.05) is 78.9 Å². The topological polar surface area (TPSA) is 31.4 Å². The number of hydrogen-bond acceptors (Lipinski definition) is 3. The Hall–Kier alpha value is -3.01. The van der Waals surface area contributed by atoms with Crippen molar-refractivity contribution in [2.45, 2.75) is 0 Å². The lowest BCUT2D eigenvalue weighted by molar-refractivity contribution is 0.174. The first-order chi connectivity index (χ1) is 14.2. The molecule has 0 amide bonds. The fourth-order valence-corrected chi connectivity index (χ4v) is 3.81. The van der Waals surface area contributed by atoms with E-state index in [1.54, 1.807) is 0 Å². The molecule has 0 bridgehead atoms.